The molecular formula is C15H26N4O. The number of nitrogens with zero attached hydrogens (tertiary/aromatic N) is 3. The fraction of sp³-hybridized carbons (Fsp3) is 0.800. The molecule has 0 unspecified atom stereocenters. The highest BCUT2D eigenvalue weighted by molar-refractivity contribution is 5.26. The maximum atomic E-state index is 5.37. The number of rotatable bonds is 5. The quantitative estimate of drug-likeness (QED) is 0.896. The Morgan fingerprint density at radius 1 is 1.20 bits per heavy atom. The van der Waals surface area contributed by atoms with Gasteiger partial charge in [0.15, 0.2) is 0 Å². The topological polar surface area (TPSA) is 42.3 Å². The lowest BCUT2D eigenvalue weighted by Gasteiger charge is -2.27. The van der Waals surface area contributed by atoms with Crippen LogP contribution in [0.2, 0.25) is 0 Å². The fourth-order valence-corrected chi connectivity index (χ4v) is 3.25. The summed E-state index contributed by atoms with van der Waals surface area (Å²) in [6.07, 6.45) is 10.8. The van der Waals surface area contributed by atoms with Crippen molar-refractivity contribution < 1.29 is 4.74 Å². The highest BCUT2D eigenvalue weighted by Gasteiger charge is 2.17. The van der Waals surface area contributed by atoms with Gasteiger partial charge in [0.1, 0.15) is 0 Å². The molecule has 112 valence electrons. The molecule has 1 saturated heterocycles. The van der Waals surface area contributed by atoms with Crippen LogP contribution in [-0.4, -0.2) is 53.8 Å². The van der Waals surface area contributed by atoms with Crippen molar-refractivity contribution in [1.29, 1.82) is 0 Å². The monoisotopic (exact) mass is 278 g/mol. The van der Waals surface area contributed by atoms with E-state index in [4.69, 9.17) is 4.74 Å². The van der Waals surface area contributed by atoms with E-state index in [-0.39, 0.29) is 0 Å². The van der Waals surface area contributed by atoms with E-state index in [1.807, 2.05) is 6.20 Å². The number of morpholine rings is 1. The van der Waals surface area contributed by atoms with Gasteiger partial charge in [-0.25, -0.2) is 4.98 Å². The molecule has 1 aromatic rings. The number of imidazole rings is 1. The maximum Gasteiger partial charge on any atom is 0.203 e. The van der Waals surface area contributed by atoms with Crippen molar-refractivity contribution in [2.45, 2.75) is 38.1 Å². The van der Waals surface area contributed by atoms with Crippen LogP contribution in [0.3, 0.4) is 0 Å². The Labute approximate surface area is 121 Å². The summed E-state index contributed by atoms with van der Waals surface area (Å²) in [6.45, 7) is 5.88. The van der Waals surface area contributed by atoms with Gasteiger partial charge < -0.3 is 14.6 Å². The van der Waals surface area contributed by atoms with Crippen molar-refractivity contribution in [2.75, 3.05) is 44.7 Å². The van der Waals surface area contributed by atoms with E-state index >= 15 is 0 Å². The first-order valence-electron chi connectivity index (χ1n) is 8.00. The molecule has 2 aliphatic rings. The van der Waals surface area contributed by atoms with Crippen molar-refractivity contribution in [3.05, 3.63) is 12.4 Å². The molecule has 5 heteroatoms. The van der Waals surface area contributed by atoms with Crippen LogP contribution in [0, 0.1) is 0 Å². The molecule has 0 aromatic carbocycles. The van der Waals surface area contributed by atoms with E-state index in [9.17, 15) is 0 Å². The van der Waals surface area contributed by atoms with Crippen molar-refractivity contribution >= 4 is 5.95 Å². The lowest BCUT2D eigenvalue weighted by Crippen LogP contribution is -2.39. The van der Waals surface area contributed by atoms with Gasteiger partial charge in [-0.3, -0.25) is 4.90 Å². The van der Waals surface area contributed by atoms with Crippen molar-refractivity contribution in [3.63, 3.8) is 0 Å². The molecule has 1 aliphatic carbocycles. The molecule has 0 amide bonds. The summed E-state index contributed by atoms with van der Waals surface area (Å²) >= 11 is 0. The number of ether oxygens (including phenoxy) is 1. The molecule has 0 atom stereocenters. The molecular weight excluding hydrogens is 252 g/mol. The SMILES string of the molecule is c1cn(C2CCCCC2)c(NCCN2CCOCC2)n1. The van der Waals surface area contributed by atoms with E-state index in [0.29, 0.717) is 6.04 Å². The van der Waals surface area contributed by atoms with Gasteiger partial charge in [-0.15, -0.1) is 0 Å². The van der Waals surface area contributed by atoms with Crippen LogP contribution in [-0.2, 0) is 4.74 Å². The Morgan fingerprint density at radius 3 is 2.80 bits per heavy atom. The minimum absolute atomic E-state index is 0.650. The normalized spacial score (nSPS) is 22.0. The molecule has 1 aromatic heterocycles. The first-order chi connectivity index (χ1) is 9.93. The third-order valence-corrected chi connectivity index (χ3v) is 4.45. The third-order valence-electron chi connectivity index (χ3n) is 4.45. The average Bonchev–Trinajstić information content (AvgIpc) is 2.98. The van der Waals surface area contributed by atoms with Crippen LogP contribution < -0.4 is 5.32 Å². The van der Waals surface area contributed by atoms with Crippen LogP contribution in [0.15, 0.2) is 12.4 Å². The summed E-state index contributed by atoms with van der Waals surface area (Å²) in [6, 6.07) is 0.650. The first-order valence-corrected chi connectivity index (χ1v) is 8.00. The zero-order chi connectivity index (χ0) is 13.6. The molecule has 3 rings (SSSR count). The van der Waals surface area contributed by atoms with Crippen LogP contribution in [0.1, 0.15) is 38.1 Å². The number of nitrogens with one attached hydrogen (secondary N) is 1. The smallest absolute Gasteiger partial charge is 0.203 e. The van der Waals surface area contributed by atoms with Crippen LogP contribution in [0.4, 0.5) is 5.95 Å². The van der Waals surface area contributed by atoms with Crippen molar-refractivity contribution in [1.82, 2.24) is 14.5 Å². The van der Waals surface area contributed by atoms with Gasteiger partial charge in [0.05, 0.1) is 13.2 Å². The first kappa shape index (κ1) is 13.9. The van der Waals surface area contributed by atoms with Crippen LogP contribution in [0.5, 0.6) is 0 Å². The summed E-state index contributed by atoms with van der Waals surface area (Å²) < 4.78 is 7.72. The van der Waals surface area contributed by atoms with Gasteiger partial charge >= 0.3 is 0 Å². The highest BCUT2D eigenvalue weighted by Crippen LogP contribution is 2.29. The van der Waals surface area contributed by atoms with E-state index in [1.165, 1.54) is 32.1 Å². The van der Waals surface area contributed by atoms with Gasteiger partial charge in [-0.1, -0.05) is 19.3 Å². The predicted molar refractivity (Wildman–Crippen MR) is 80.1 cm³/mol. The second kappa shape index (κ2) is 7.09. The molecule has 0 spiro atoms. The molecule has 2 fully saturated rings. The summed E-state index contributed by atoms with van der Waals surface area (Å²) in [4.78, 5) is 6.93. The largest absolute Gasteiger partial charge is 0.379 e. The molecule has 5 nitrogen and oxygen atoms in total. The Hall–Kier alpha value is -1.07. The Morgan fingerprint density at radius 2 is 2.00 bits per heavy atom. The molecule has 1 saturated carbocycles. The molecule has 1 N–H and O–H groups in total. The van der Waals surface area contributed by atoms with Gasteiger partial charge in [-0.05, 0) is 12.8 Å². The van der Waals surface area contributed by atoms with E-state index in [1.54, 1.807) is 0 Å². The van der Waals surface area contributed by atoms with E-state index in [0.717, 1.165) is 45.3 Å². The molecule has 0 radical (unpaired) electrons. The summed E-state index contributed by atoms with van der Waals surface area (Å²) in [5, 5.41) is 3.51. The second-order valence-electron chi connectivity index (χ2n) is 5.83. The van der Waals surface area contributed by atoms with Crippen LogP contribution >= 0.6 is 0 Å². The minimum atomic E-state index is 0.650. The number of anilines is 1. The second-order valence-corrected chi connectivity index (χ2v) is 5.83. The van der Waals surface area contributed by atoms with Gasteiger partial charge in [0.2, 0.25) is 5.95 Å². The lowest BCUT2D eigenvalue weighted by atomic mass is 9.95. The molecule has 1 aliphatic heterocycles. The van der Waals surface area contributed by atoms with E-state index in [2.05, 4.69) is 26.0 Å². The summed E-state index contributed by atoms with van der Waals surface area (Å²) in [5.41, 5.74) is 0. The lowest BCUT2D eigenvalue weighted by molar-refractivity contribution is 0.0398. The zero-order valence-electron chi connectivity index (χ0n) is 12.3. The molecule has 0 bridgehead atoms. The van der Waals surface area contributed by atoms with Crippen LogP contribution in [0.25, 0.3) is 0 Å². The van der Waals surface area contributed by atoms with Crippen molar-refractivity contribution in [3.8, 4) is 0 Å². The predicted octanol–water partition coefficient (Wildman–Crippen LogP) is 2.13. The summed E-state index contributed by atoms with van der Waals surface area (Å²) in [7, 11) is 0. The third kappa shape index (κ3) is 3.52. The van der Waals surface area contributed by atoms with Gasteiger partial charge in [0.25, 0.3) is 0 Å². The van der Waals surface area contributed by atoms with Gasteiger partial charge in [0, 0.05) is 44.6 Å². The zero-order valence-corrected chi connectivity index (χ0v) is 12.3. The molecule has 2 heterocycles. The van der Waals surface area contributed by atoms with Crippen molar-refractivity contribution in [2.24, 2.45) is 0 Å². The molecule has 20 heavy (non-hydrogen) atoms. The number of hydrogen-bond acceptors (Lipinski definition) is 4. The average molecular weight is 278 g/mol. The highest BCUT2D eigenvalue weighted by atomic mass is 16.5. The Bertz CT molecular complexity index is 394. The minimum Gasteiger partial charge on any atom is -0.379 e. The standard InChI is InChI=1S/C15H26N4O/c1-2-4-14(5-3-1)19-9-7-17-15(19)16-6-8-18-10-12-20-13-11-18/h7,9,14H,1-6,8,10-13H2,(H,16,17). The van der Waals surface area contributed by atoms with E-state index < -0.39 is 0 Å². The fourth-order valence-electron chi connectivity index (χ4n) is 3.25. The summed E-state index contributed by atoms with van der Waals surface area (Å²) in [5.74, 6) is 1.05. The van der Waals surface area contributed by atoms with Gasteiger partial charge in [-0.2, -0.15) is 0 Å². The Balaban J connectivity index is 1.48. The number of aromatic nitrogens is 2. The Kier molecular flexibility index (Phi) is 4.92. The maximum absolute atomic E-state index is 5.37. The number of hydrogen-bond donors (Lipinski definition) is 1.